The maximum atomic E-state index is 11.8. The molecule has 1 saturated heterocycles. The smallest absolute Gasteiger partial charge is 0.240 e. The van der Waals surface area contributed by atoms with Crippen LogP contribution in [0.4, 0.5) is 5.95 Å². The van der Waals surface area contributed by atoms with Crippen LogP contribution in [0.2, 0.25) is 5.15 Å². The highest BCUT2D eigenvalue weighted by Crippen LogP contribution is 2.09. The van der Waals surface area contributed by atoms with E-state index in [1.54, 1.807) is 13.0 Å². The highest BCUT2D eigenvalue weighted by atomic mass is 35.5. The van der Waals surface area contributed by atoms with Gasteiger partial charge in [-0.1, -0.05) is 11.6 Å². The Morgan fingerprint density at radius 1 is 1.50 bits per heavy atom. The standard InChI is InChI=1S/C11H16ClN5O/c1-8-6-9(12)15-11(14-8)16-10(18)7-17-4-2-13-3-5-17/h6,13H,2-5,7H2,1H3,(H,14,15,16,18). The van der Waals surface area contributed by atoms with Crippen molar-refractivity contribution < 1.29 is 4.79 Å². The summed E-state index contributed by atoms with van der Waals surface area (Å²) in [5.74, 6) is 0.152. The van der Waals surface area contributed by atoms with E-state index in [0.29, 0.717) is 11.7 Å². The lowest BCUT2D eigenvalue weighted by molar-refractivity contribution is -0.117. The van der Waals surface area contributed by atoms with Gasteiger partial charge in [-0.15, -0.1) is 0 Å². The molecule has 0 aromatic carbocycles. The maximum absolute atomic E-state index is 11.8. The Morgan fingerprint density at radius 3 is 2.89 bits per heavy atom. The highest BCUT2D eigenvalue weighted by molar-refractivity contribution is 6.29. The number of aryl methyl sites for hydroxylation is 1. The first-order chi connectivity index (χ1) is 8.63. The molecule has 1 aliphatic rings. The molecule has 0 bridgehead atoms. The van der Waals surface area contributed by atoms with Gasteiger partial charge in [0.1, 0.15) is 5.15 Å². The molecule has 0 radical (unpaired) electrons. The lowest BCUT2D eigenvalue weighted by atomic mass is 10.3. The number of anilines is 1. The Kier molecular flexibility index (Phi) is 4.46. The lowest BCUT2D eigenvalue weighted by Gasteiger charge is -2.26. The van der Waals surface area contributed by atoms with Gasteiger partial charge in [0.05, 0.1) is 6.54 Å². The van der Waals surface area contributed by atoms with Gasteiger partial charge in [-0.3, -0.25) is 15.0 Å². The summed E-state index contributed by atoms with van der Waals surface area (Å²) in [6.45, 7) is 5.75. The predicted octanol–water partition coefficient (Wildman–Crippen LogP) is 0.282. The van der Waals surface area contributed by atoms with Crippen LogP contribution in [0.5, 0.6) is 0 Å². The molecule has 0 spiro atoms. The van der Waals surface area contributed by atoms with Crippen molar-refractivity contribution in [3.63, 3.8) is 0 Å². The van der Waals surface area contributed by atoms with Crippen molar-refractivity contribution in [2.75, 3.05) is 38.0 Å². The average molecular weight is 270 g/mol. The van der Waals surface area contributed by atoms with Gasteiger partial charge < -0.3 is 5.32 Å². The Bertz CT molecular complexity index is 413. The zero-order valence-corrected chi connectivity index (χ0v) is 11.0. The first-order valence-corrected chi connectivity index (χ1v) is 6.25. The van der Waals surface area contributed by atoms with E-state index in [1.807, 2.05) is 0 Å². The van der Waals surface area contributed by atoms with Crippen LogP contribution in [0, 0.1) is 6.92 Å². The summed E-state index contributed by atoms with van der Waals surface area (Å²) >= 11 is 5.80. The molecule has 7 heteroatoms. The molecule has 0 unspecified atom stereocenters. The van der Waals surface area contributed by atoms with Crippen molar-refractivity contribution in [3.8, 4) is 0 Å². The Morgan fingerprint density at radius 2 is 2.22 bits per heavy atom. The van der Waals surface area contributed by atoms with E-state index in [-0.39, 0.29) is 11.9 Å². The largest absolute Gasteiger partial charge is 0.314 e. The summed E-state index contributed by atoms with van der Waals surface area (Å²) in [5, 5.41) is 6.23. The first kappa shape index (κ1) is 13.2. The zero-order chi connectivity index (χ0) is 13.0. The number of rotatable bonds is 3. The molecule has 1 fully saturated rings. The third kappa shape index (κ3) is 3.90. The topological polar surface area (TPSA) is 70.2 Å². The van der Waals surface area contributed by atoms with Crippen LogP contribution in [0.15, 0.2) is 6.07 Å². The molecule has 2 N–H and O–H groups in total. The molecular formula is C11H16ClN5O. The van der Waals surface area contributed by atoms with Crippen molar-refractivity contribution in [2.24, 2.45) is 0 Å². The van der Waals surface area contributed by atoms with Gasteiger partial charge in [0, 0.05) is 31.9 Å². The number of nitrogens with one attached hydrogen (secondary N) is 2. The van der Waals surface area contributed by atoms with Gasteiger partial charge in [0.25, 0.3) is 0 Å². The molecule has 98 valence electrons. The fraction of sp³-hybridized carbons (Fsp3) is 0.545. The third-order valence-corrected chi connectivity index (χ3v) is 2.84. The molecule has 6 nitrogen and oxygen atoms in total. The number of amides is 1. The van der Waals surface area contributed by atoms with Gasteiger partial charge in [-0.25, -0.2) is 9.97 Å². The van der Waals surface area contributed by atoms with Gasteiger partial charge in [0.2, 0.25) is 11.9 Å². The molecule has 18 heavy (non-hydrogen) atoms. The molecule has 0 atom stereocenters. The molecule has 0 saturated carbocycles. The van der Waals surface area contributed by atoms with Crippen LogP contribution < -0.4 is 10.6 Å². The molecule has 1 aliphatic heterocycles. The highest BCUT2D eigenvalue weighted by Gasteiger charge is 2.14. The molecule has 1 aromatic rings. The number of aromatic nitrogens is 2. The quantitative estimate of drug-likeness (QED) is 0.772. The van der Waals surface area contributed by atoms with Gasteiger partial charge in [-0.2, -0.15) is 0 Å². The molecule has 2 rings (SSSR count). The number of carbonyl (C=O) groups excluding carboxylic acids is 1. The van der Waals surface area contributed by atoms with Crippen molar-refractivity contribution >= 4 is 23.5 Å². The van der Waals surface area contributed by atoms with Crippen molar-refractivity contribution in [1.29, 1.82) is 0 Å². The van der Waals surface area contributed by atoms with E-state index in [1.165, 1.54) is 0 Å². The van der Waals surface area contributed by atoms with Gasteiger partial charge >= 0.3 is 0 Å². The monoisotopic (exact) mass is 269 g/mol. The van der Waals surface area contributed by atoms with Crippen molar-refractivity contribution in [1.82, 2.24) is 20.2 Å². The second-order valence-corrected chi connectivity index (χ2v) is 4.62. The third-order valence-electron chi connectivity index (χ3n) is 2.65. The molecule has 0 aliphatic carbocycles. The van der Waals surface area contributed by atoms with Crippen LogP contribution in [0.25, 0.3) is 0 Å². The number of piperazine rings is 1. The van der Waals surface area contributed by atoms with Crippen LogP contribution in [-0.2, 0) is 4.79 Å². The van der Waals surface area contributed by atoms with E-state index in [0.717, 1.165) is 31.9 Å². The molecule has 2 heterocycles. The van der Waals surface area contributed by atoms with Gasteiger partial charge in [0.15, 0.2) is 0 Å². The fourth-order valence-electron chi connectivity index (χ4n) is 1.82. The molecule has 1 amide bonds. The van der Waals surface area contributed by atoms with Crippen LogP contribution >= 0.6 is 11.6 Å². The lowest BCUT2D eigenvalue weighted by Crippen LogP contribution is -2.46. The normalized spacial score (nSPS) is 16.6. The second kappa shape index (κ2) is 6.08. The minimum absolute atomic E-state index is 0.112. The first-order valence-electron chi connectivity index (χ1n) is 5.87. The Balaban J connectivity index is 1.89. The Hall–Kier alpha value is -1.24. The summed E-state index contributed by atoms with van der Waals surface area (Å²) in [5.41, 5.74) is 0.729. The van der Waals surface area contributed by atoms with Gasteiger partial charge in [-0.05, 0) is 13.0 Å². The summed E-state index contributed by atoms with van der Waals surface area (Å²) in [6, 6.07) is 1.65. The number of hydrogen-bond acceptors (Lipinski definition) is 5. The molecular weight excluding hydrogens is 254 g/mol. The van der Waals surface area contributed by atoms with Crippen molar-refractivity contribution in [3.05, 3.63) is 16.9 Å². The minimum Gasteiger partial charge on any atom is -0.314 e. The Labute approximate surface area is 111 Å². The van der Waals surface area contributed by atoms with Crippen molar-refractivity contribution in [2.45, 2.75) is 6.92 Å². The van der Waals surface area contributed by atoms with E-state index in [4.69, 9.17) is 11.6 Å². The van der Waals surface area contributed by atoms with E-state index in [2.05, 4.69) is 25.5 Å². The average Bonchev–Trinajstić information content (AvgIpc) is 2.28. The molecule has 1 aromatic heterocycles. The number of halogens is 1. The number of hydrogen-bond donors (Lipinski definition) is 2. The minimum atomic E-state index is -0.112. The summed E-state index contributed by atoms with van der Waals surface area (Å²) in [4.78, 5) is 22.0. The fourth-order valence-corrected chi connectivity index (χ4v) is 2.06. The van der Waals surface area contributed by atoms with E-state index >= 15 is 0 Å². The SMILES string of the molecule is Cc1cc(Cl)nc(NC(=O)CN2CCNCC2)n1. The predicted molar refractivity (Wildman–Crippen MR) is 69.7 cm³/mol. The second-order valence-electron chi connectivity index (χ2n) is 4.23. The maximum Gasteiger partial charge on any atom is 0.240 e. The van der Waals surface area contributed by atoms with Crippen LogP contribution in [0.1, 0.15) is 5.69 Å². The van der Waals surface area contributed by atoms with Crippen LogP contribution in [-0.4, -0.2) is 53.5 Å². The zero-order valence-electron chi connectivity index (χ0n) is 10.2. The van der Waals surface area contributed by atoms with E-state index < -0.39 is 0 Å². The summed E-state index contributed by atoms with van der Waals surface area (Å²) < 4.78 is 0. The summed E-state index contributed by atoms with van der Waals surface area (Å²) in [7, 11) is 0. The summed E-state index contributed by atoms with van der Waals surface area (Å²) in [6.07, 6.45) is 0. The van der Waals surface area contributed by atoms with E-state index in [9.17, 15) is 4.79 Å². The van der Waals surface area contributed by atoms with Crippen LogP contribution in [0.3, 0.4) is 0 Å². The number of nitrogens with zero attached hydrogens (tertiary/aromatic N) is 3. The number of carbonyl (C=O) groups is 1.